The minimum absolute atomic E-state index is 0.118. The molecule has 23 heavy (non-hydrogen) atoms. The number of para-hydroxylation sites is 2. The molecule has 0 atom stereocenters. The van der Waals surface area contributed by atoms with E-state index in [4.69, 9.17) is 0 Å². The lowest BCUT2D eigenvalue weighted by Crippen LogP contribution is -2.30. The van der Waals surface area contributed by atoms with Crippen LogP contribution in [0.3, 0.4) is 0 Å². The molecule has 0 unspecified atom stereocenters. The summed E-state index contributed by atoms with van der Waals surface area (Å²) in [7, 11) is -1.69. The van der Waals surface area contributed by atoms with Crippen molar-refractivity contribution < 1.29 is 14.4 Å². The van der Waals surface area contributed by atoms with Crippen LogP contribution in [0.4, 0.5) is 21.5 Å². The van der Waals surface area contributed by atoms with E-state index < -0.39 is 12.9 Å². The van der Waals surface area contributed by atoms with Gasteiger partial charge in [-0.15, -0.1) is 0 Å². The third-order valence-corrected chi connectivity index (χ3v) is 3.54. The van der Waals surface area contributed by atoms with E-state index in [0.717, 1.165) is 17.4 Å². The first-order chi connectivity index (χ1) is 11.2. The van der Waals surface area contributed by atoms with E-state index in [1.54, 1.807) is 11.0 Å². The lowest BCUT2D eigenvalue weighted by molar-refractivity contribution is 0.425. The maximum Gasteiger partial charge on any atom is 0.488 e. The van der Waals surface area contributed by atoms with Crippen LogP contribution < -0.4 is 10.4 Å². The molecule has 2 N–H and O–H groups in total. The summed E-state index contributed by atoms with van der Waals surface area (Å²) in [5.41, 5.74) is 2.09. The minimum Gasteiger partial charge on any atom is -0.423 e. The zero-order chi connectivity index (χ0) is 16.2. The van der Waals surface area contributed by atoms with Gasteiger partial charge in [0.25, 0.3) is 0 Å². The molecule has 0 saturated heterocycles. The molecule has 0 bridgehead atoms. The van der Waals surface area contributed by atoms with Gasteiger partial charge in [0.05, 0.1) is 5.69 Å². The topological polar surface area (TPSA) is 43.7 Å². The molecule has 3 nitrogen and oxygen atoms in total. The lowest BCUT2D eigenvalue weighted by Gasteiger charge is -2.26. The van der Waals surface area contributed by atoms with Gasteiger partial charge < -0.3 is 14.9 Å². The second-order valence-corrected chi connectivity index (χ2v) is 5.09. The molecule has 0 aliphatic rings. The highest BCUT2D eigenvalue weighted by Gasteiger charge is 2.19. The molecular formula is C18H15BFNO2. The second-order valence-electron chi connectivity index (χ2n) is 5.09. The number of benzene rings is 3. The molecule has 0 radical (unpaired) electrons. The molecule has 0 saturated carbocycles. The number of halogens is 1. The first-order valence-corrected chi connectivity index (χ1v) is 7.22. The van der Waals surface area contributed by atoms with Gasteiger partial charge in [-0.25, -0.2) is 4.39 Å². The predicted molar refractivity (Wildman–Crippen MR) is 90.9 cm³/mol. The summed E-state index contributed by atoms with van der Waals surface area (Å²) < 4.78 is 14.6. The molecule has 114 valence electrons. The SMILES string of the molecule is OB(O)c1ccc(N(c2ccccc2)c2ccccc2)c(F)c1. The van der Waals surface area contributed by atoms with Crippen molar-refractivity contribution in [2.75, 3.05) is 4.90 Å². The normalized spacial score (nSPS) is 10.4. The van der Waals surface area contributed by atoms with Crippen LogP contribution in [0.1, 0.15) is 0 Å². The van der Waals surface area contributed by atoms with Crippen molar-refractivity contribution >= 4 is 29.6 Å². The molecule has 0 amide bonds. The number of anilines is 3. The molecule has 0 heterocycles. The Labute approximate surface area is 134 Å². The summed E-state index contributed by atoms with van der Waals surface area (Å²) in [4.78, 5) is 1.78. The van der Waals surface area contributed by atoms with Gasteiger partial charge in [-0.3, -0.25) is 0 Å². The Morgan fingerprint density at radius 1 is 0.739 bits per heavy atom. The van der Waals surface area contributed by atoms with E-state index in [2.05, 4.69) is 0 Å². The average molecular weight is 307 g/mol. The van der Waals surface area contributed by atoms with Gasteiger partial charge in [0, 0.05) is 11.4 Å². The average Bonchev–Trinajstić information content (AvgIpc) is 2.58. The summed E-state index contributed by atoms with van der Waals surface area (Å²) in [6.07, 6.45) is 0. The number of hydrogen-bond acceptors (Lipinski definition) is 3. The Morgan fingerprint density at radius 2 is 1.26 bits per heavy atom. The van der Waals surface area contributed by atoms with Gasteiger partial charge in [-0.1, -0.05) is 42.5 Å². The van der Waals surface area contributed by atoms with Gasteiger partial charge >= 0.3 is 7.12 Å². The highest BCUT2D eigenvalue weighted by molar-refractivity contribution is 6.58. The van der Waals surface area contributed by atoms with E-state index in [0.29, 0.717) is 5.69 Å². The van der Waals surface area contributed by atoms with E-state index in [9.17, 15) is 14.4 Å². The van der Waals surface area contributed by atoms with Crippen LogP contribution in [0.15, 0.2) is 78.9 Å². The molecule has 0 aliphatic heterocycles. The molecule has 0 aliphatic carbocycles. The van der Waals surface area contributed by atoms with Crippen LogP contribution in [-0.4, -0.2) is 17.2 Å². The Hall–Kier alpha value is -2.63. The zero-order valence-corrected chi connectivity index (χ0v) is 12.3. The monoisotopic (exact) mass is 307 g/mol. The first kappa shape index (κ1) is 15.3. The fraction of sp³-hybridized carbons (Fsp3) is 0. The van der Waals surface area contributed by atoms with Gasteiger partial charge in [0.2, 0.25) is 0 Å². The molecule has 0 aromatic heterocycles. The van der Waals surface area contributed by atoms with E-state index in [1.807, 2.05) is 60.7 Å². The Balaban J connectivity index is 2.13. The van der Waals surface area contributed by atoms with E-state index in [-0.39, 0.29) is 5.46 Å². The highest BCUT2D eigenvalue weighted by atomic mass is 19.1. The van der Waals surface area contributed by atoms with Crippen molar-refractivity contribution in [2.45, 2.75) is 0 Å². The number of hydrogen-bond donors (Lipinski definition) is 2. The summed E-state index contributed by atoms with van der Waals surface area (Å²) in [6.45, 7) is 0. The van der Waals surface area contributed by atoms with Gasteiger partial charge in [-0.05, 0) is 41.9 Å². The van der Waals surface area contributed by atoms with Crippen LogP contribution in [-0.2, 0) is 0 Å². The molecule has 3 rings (SSSR count). The molecule has 5 heteroatoms. The Bertz CT molecular complexity index is 742. The number of rotatable bonds is 4. The van der Waals surface area contributed by atoms with Crippen molar-refractivity contribution in [3.05, 3.63) is 84.7 Å². The van der Waals surface area contributed by atoms with E-state index >= 15 is 0 Å². The van der Waals surface area contributed by atoms with Crippen molar-refractivity contribution in [1.29, 1.82) is 0 Å². The lowest BCUT2D eigenvalue weighted by atomic mass is 9.80. The van der Waals surface area contributed by atoms with E-state index in [1.165, 1.54) is 6.07 Å². The first-order valence-electron chi connectivity index (χ1n) is 7.22. The molecule has 0 spiro atoms. The molecule has 0 fully saturated rings. The molecular weight excluding hydrogens is 292 g/mol. The van der Waals surface area contributed by atoms with Crippen LogP contribution in [0.5, 0.6) is 0 Å². The fourth-order valence-electron chi connectivity index (χ4n) is 2.45. The van der Waals surface area contributed by atoms with Crippen LogP contribution >= 0.6 is 0 Å². The molecule has 3 aromatic carbocycles. The highest BCUT2D eigenvalue weighted by Crippen LogP contribution is 2.35. The smallest absolute Gasteiger partial charge is 0.423 e. The maximum atomic E-state index is 14.6. The number of nitrogens with zero attached hydrogens (tertiary/aromatic N) is 1. The maximum absolute atomic E-state index is 14.6. The van der Waals surface area contributed by atoms with Gasteiger partial charge in [0.15, 0.2) is 0 Å². The van der Waals surface area contributed by atoms with Gasteiger partial charge in [-0.2, -0.15) is 0 Å². The summed E-state index contributed by atoms with van der Waals surface area (Å²) >= 11 is 0. The predicted octanol–water partition coefficient (Wildman–Crippen LogP) is 2.98. The Kier molecular flexibility index (Phi) is 4.41. The van der Waals surface area contributed by atoms with Crippen LogP contribution in [0.2, 0.25) is 0 Å². The third-order valence-electron chi connectivity index (χ3n) is 3.54. The summed E-state index contributed by atoms with van der Waals surface area (Å²) in [5.74, 6) is -0.525. The molecule has 3 aromatic rings. The zero-order valence-electron chi connectivity index (χ0n) is 12.3. The van der Waals surface area contributed by atoms with Crippen LogP contribution in [0, 0.1) is 5.82 Å². The second kappa shape index (κ2) is 6.65. The summed E-state index contributed by atoms with van der Waals surface area (Å²) in [6, 6.07) is 23.1. The van der Waals surface area contributed by atoms with Crippen molar-refractivity contribution in [1.82, 2.24) is 0 Å². The standard InChI is InChI=1S/C18H15BFNO2/c20-17-13-14(19(22)23)11-12-18(17)21(15-7-3-1-4-8-15)16-9-5-2-6-10-16/h1-13,22-23H. The summed E-state index contributed by atoms with van der Waals surface area (Å²) in [5, 5.41) is 18.4. The minimum atomic E-state index is -1.69. The van der Waals surface area contributed by atoms with Crippen molar-refractivity contribution in [2.24, 2.45) is 0 Å². The third kappa shape index (κ3) is 3.26. The quantitative estimate of drug-likeness (QED) is 0.728. The largest absolute Gasteiger partial charge is 0.488 e. The van der Waals surface area contributed by atoms with Crippen molar-refractivity contribution in [3.63, 3.8) is 0 Å². The Morgan fingerprint density at radius 3 is 1.70 bits per heavy atom. The van der Waals surface area contributed by atoms with Crippen LogP contribution in [0.25, 0.3) is 0 Å². The fourth-order valence-corrected chi connectivity index (χ4v) is 2.45. The van der Waals surface area contributed by atoms with Crippen molar-refractivity contribution in [3.8, 4) is 0 Å². The van der Waals surface area contributed by atoms with Gasteiger partial charge in [0.1, 0.15) is 5.82 Å².